The first-order valence-corrected chi connectivity index (χ1v) is 12.3. The zero-order valence-electron chi connectivity index (χ0n) is 16.8. The van der Waals surface area contributed by atoms with Crippen LogP contribution in [0.3, 0.4) is 0 Å². The van der Waals surface area contributed by atoms with Gasteiger partial charge >= 0.3 is 0 Å². The van der Waals surface area contributed by atoms with Gasteiger partial charge in [0.2, 0.25) is 0 Å². The van der Waals surface area contributed by atoms with Crippen LogP contribution in [0.4, 0.5) is 17.1 Å². The van der Waals surface area contributed by atoms with Crippen molar-refractivity contribution in [3.63, 3.8) is 0 Å². The third kappa shape index (κ3) is 3.71. The van der Waals surface area contributed by atoms with E-state index in [1.807, 2.05) is 0 Å². The lowest BCUT2D eigenvalue weighted by Crippen LogP contribution is -2.25. The van der Waals surface area contributed by atoms with Crippen molar-refractivity contribution in [2.24, 2.45) is 0 Å². The van der Waals surface area contributed by atoms with Crippen LogP contribution in [-0.4, -0.2) is 33.0 Å². The van der Waals surface area contributed by atoms with Gasteiger partial charge in [-0.05, 0) is 30.3 Å². The fourth-order valence-electron chi connectivity index (χ4n) is 3.59. The van der Waals surface area contributed by atoms with Crippen molar-refractivity contribution in [3.05, 3.63) is 88.8 Å². The molecule has 4 rings (SSSR count). The van der Waals surface area contributed by atoms with Gasteiger partial charge in [-0.3, -0.25) is 14.1 Å². The van der Waals surface area contributed by atoms with Gasteiger partial charge in [-0.1, -0.05) is 30.8 Å². The highest BCUT2D eigenvalue weighted by atomic mass is 32.2. The van der Waals surface area contributed by atoms with Crippen LogP contribution >= 0.6 is 0 Å². The van der Waals surface area contributed by atoms with Crippen molar-refractivity contribution in [2.75, 3.05) is 11.1 Å². The van der Waals surface area contributed by atoms with Gasteiger partial charge in [0, 0.05) is 22.2 Å². The molecule has 0 saturated carbocycles. The number of benzene rings is 3. The maximum atomic E-state index is 13.3. The van der Waals surface area contributed by atoms with E-state index in [0.717, 1.165) is 11.5 Å². The first-order valence-electron chi connectivity index (χ1n) is 9.32. The lowest BCUT2D eigenvalue weighted by molar-refractivity contribution is 0.0980. The smallest absolute Gasteiger partial charge is 0.296 e. The van der Waals surface area contributed by atoms with Crippen molar-refractivity contribution in [2.45, 2.75) is 9.79 Å². The Hall–Kier alpha value is -3.80. The van der Waals surface area contributed by atoms with Crippen LogP contribution in [-0.2, 0) is 20.0 Å². The average molecular weight is 485 g/mol. The van der Waals surface area contributed by atoms with Crippen molar-refractivity contribution in [1.29, 1.82) is 0 Å². The van der Waals surface area contributed by atoms with E-state index >= 15 is 0 Å². The minimum Gasteiger partial charge on any atom is -0.397 e. The van der Waals surface area contributed by atoms with Crippen molar-refractivity contribution >= 4 is 48.6 Å². The molecule has 0 bridgehead atoms. The third-order valence-electron chi connectivity index (χ3n) is 5.16. The van der Waals surface area contributed by atoms with E-state index in [1.165, 1.54) is 36.4 Å². The molecule has 4 N–H and O–H groups in total. The standard InChI is InChI=1S/C22H16N2O7S2/c1-2-32(27,28)13-9-7-12(8-10-13)24-16-11-17(33(29,30)31)20(23)19-18(16)21(25)14-5-3-4-6-15(14)22(19)26/h2-11,24H,1,23H2,(H,29,30,31). The summed E-state index contributed by atoms with van der Waals surface area (Å²) in [4.78, 5) is 25.6. The Morgan fingerprint density at radius 2 is 1.42 bits per heavy atom. The lowest BCUT2D eigenvalue weighted by atomic mass is 9.82. The van der Waals surface area contributed by atoms with Gasteiger partial charge in [-0.2, -0.15) is 8.42 Å². The molecule has 1 aliphatic carbocycles. The quantitative estimate of drug-likeness (QED) is 0.286. The summed E-state index contributed by atoms with van der Waals surface area (Å²) in [5, 5.41) is 3.62. The number of nitrogens with two attached hydrogens (primary N) is 1. The Bertz CT molecular complexity index is 1570. The topological polar surface area (TPSA) is 161 Å². The highest BCUT2D eigenvalue weighted by Crippen LogP contribution is 2.40. The van der Waals surface area contributed by atoms with E-state index in [2.05, 4.69) is 11.9 Å². The minimum absolute atomic E-state index is 0.0267. The first kappa shape index (κ1) is 22.4. The Balaban J connectivity index is 1.93. The van der Waals surface area contributed by atoms with Crippen LogP contribution in [0, 0.1) is 0 Å². The van der Waals surface area contributed by atoms with E-state index in [4.69, 9.17) is 5.73 Å². The summed E-state index contributed by atoms with van der Waals surface area (Å²) in [6, 6.07) is 12.3. The summed E-state index contributed by atoms with van der Waals surface area (Å²) >= 11 is 0. The number of anilines is 3. The summed E-state index contributed by atoms with van der Waals surface area (Å²) in [5.74, 6) is -1.24. The fraction of sp³-hybridized carbons (Fsp3) is 0. The molecule has 0 saturated heterocycles. The number of nitrogens with one attached hydrogen (secondary N) is 1. The van der Waals surface area contributed by atoms with E-state index in [1.54, 1.807) is 12.1 Å². The number of fused-ring (bicyclic) bond motifs is 2. The number of nitrogen functional groups attached to an aromatic ring is 1. The molecule has 3 aromatic rings. The van der Waals surface area contributed by atoms with E-state index in [-0.39, 0.29) is 38.5 Å². The molecule has 0 aromatic heterocycles. The number of ketones is 2. The monoisotopic (exact) mass is 484 g/mol. The molecule has 0 atom stereocenters. The first-order chi connectivity index (χ1) is 15.5. The van der Waals surface area contributed by atoms with Gasteiger partial charge in [0.1, 0.15) is 4.90 Å². The largest absolute Gasteiger partial charge is 0.397 e. The zero-order chi connectivity index (χ0) is 24.1. The van der Waals surface area contributed by atoms with Gasteiger partial charge in [0.05, 0.1) is 27.4 Å². The molecule has 0 amide bonds. The maximum absolute atomic E-state index is 13.3. The second-order valence-corrected chi connectivity index (χ2v) is 10.4. The Morgan fingerprint density at radius 1 is 0.879 bits per heavy atom. The molecule has 11 heteroatoms. The van der Waals surface area contributed by atoms with Crippen LogP contribution in [0.2, 0.25) is 0 Å². The van der Waals surface area contributed by atoms with E-state index in [0.29, 0.717) is 0 Å². The highest BCUT2D eigenvalue weighted by Gasteiger charge is 2.36. The van der Waals surface area contributed by atoms with Crippen LogP contribution in [0.1, 0.15) is 31.8 Å². The molecule has 1 aliphatic rings. The number of hydrogen-bond donors (Lipinski definition) is 3. The molecule has 0 spiro atoms. The van der Waals surface area contributed by atoms with Gasteiger partial charge in [0.25, 0.3) is 10.1 Å². The molecule has 0 heterocycles. The summed E-state index contributed by atoms with van der Waals surface area (Å²) in [7, 11) is -8.52. The SMILES string of the molecule is C=CS(=O)(=O)c1ccc(Nc2cc(S(=O)(=O)O)c(N)c3c2C(=O)c2ccccc2C3=O)cc1. The average Bonchev–Trinajstić information content (AvgIpc) is 2.78. The Morgan fingerprint density at radius 3 is 1.94 bits per heavy atom. The van der Waals surface area contributed by atoms with E-state index < -0.39 is 42.1 Å². The predicted octanol–water partition coefficient (Wildman–Crippen LogP) is 2.95. The maximum Gasteiger partial charge on any atom is 0.296 e. The van der Waals surface area contributed by atoms with Crippen molar-refractivity contribution in [1.82, 2.24) is 0 Å². The van der Waals surface area contributed by atoms with Crippen LogP contribution in [0.5, 0.6) is 0 Å². The lowest BCUT2D eigenvalue weighted by Gasteiger charge is -2.23. The second-order valence-electron chi connectivity index (χ2n) is 7.13. The highest BCUT2D eigenvalue weighted by molar-refractivity contribution is 7.94. The van der Waals surface area contributed by atoms with Gasteiger partial charge in [0.15, 0.2) is 21.4 Å². The number of hydrogen-bond acceptors (Lipinski definition) is 8. The molecule has 0 radical (unpaired) electrons. The van der Waals surface area contributed by atoms with Gasteiger partial charge in [-0.25, -0.2) is 8.42 Å². The molecule has 9 nitrogen and oxygen atoms in total. The number of sulfone groups is 1. The summed E-state index contributed by atoms with van der Waals surface area (Å²) in [6.07, 6.45) is 0. The molecule has 33 heavy (non-hydrogen) atoms. The van der Waals surface area contributed by atoms with E-state index in [9.17, 15) is 31.0 Å². The Kier molecular flexibility index (Phi) is 5.20. The molecular weight excluding hydrogens is 468 g/mol. The van der Waals surface area contributed by atoms with Crippen molar-refractivity contribution in [3.8, 4) is 0 Å². The van der Waals surface area contributed by atoms with Gasteiger partial charge < -0.3 is 11.1 Å². The molecule has 0 aliphatic heterocycles. The fourth-order valence-corrected chi connectivity index (χ4v) is 4.94. The minimum atomic E-state index is -4.85. The summed E-state index contributed by atoms with van der Waals surface area (Å²) in [5.41, 5.74) is 5.23. The molecule has 0 fully saturated rings. The number of carbonyl (C=O) groups is 2. The van der Waals surface area contributed by atoms with Crippen molar-refractivity contribution < 1.29 is 31.0 Å². The second kappa shape index (κ2) is 7.66. The molecular formula is C22H16N2O7S2. The number of carbonyl (C=O) groups excluding carboxylic acids is 2. The molecule has 0 unspecified atom stereocenters. The van der Waals surface area contributed by atoms with Crippen LogP contribution in [0.25, 0.3) is 0 Å². The summed E-state index contributed by atoms with van der Waals surface area (Å²) < 4.78 is 57.4. The van der Waals surface area contributed by atoms with Gasteiger partial charge in [-0.15, -0.1) is 0 Å². The summed E-state index contributed by atoms with van der Waals surface area (Å²) in [6.45, 7) is 3.26. The van der Waals surface area contributed by atoms with Crippen LogP contribution < -0.4 is 11.1 Å². The Labute approximate surface area is 189 Å². The van der Waals surface area contributed by atoms with Crippen LogP contribution in [0.15, 0.2) is 76.4 Å². The molecule has 168 valence electrons. The zero-order valence-corrected chi connectivity index (χ0v) is 18.4. The number of rotatable bonds is 5. The third-order valence-corrected chi connectivity index (χ3v) is 7.42. The predicted molar refractivity (Wildman–Crippen MR) is 121 cm³/mol. The normalized spacial score (nSPS) is 13.2. The molecule has 3 aromatic carbocycles.